The van der Waals surface area contributed by atoms with Crippen LogP contribution >= 0.6 is 0 Å². The molecule has 0 amide bonds. The standard InChI is InChI=1S/C6H6N6O/c7-5-11-12-6(13-5)10-4-3-8-1-2-9-4/h1-3H,(H2,7,11)(H,9,10,12). The number of hydrogen-bond donors (Lipinski definition) is 2. The zero-order valence-electron chi connectivity index (χ0n) is 6.51. The Morgan fingerprint density at radius 3 is 2.85 bits per heavy atom. The van der Waals surface area contributed by atoms with Gasteiger partial charge in [0.05, 0.1) is 6.20 Å². The fourth-order valence-electron chi connectivity index (χ4n) is 0.758. The van der Waals surface area contributed by atoms with Crippen LogP contribution in [0.5, 0.6) is 0 Å². The summed E-state index contributed by atoms with van der Waals surface area (Å²) in [5.41, 5.74) is 5.22. The fourth-order valence-corrected chi connectivity index (χ4v) is 0.758. The summed E-state index contributed by atoms with van der Waals surface area (Å²) in [6.07, 6.45) is 4.63. The van der Waals surface area contributed by atoms with Crippen LogP contribution in [0.3, 0.4) is 0 Å². The third-order valence-electron chi connectivity index (χ3n) is 1.24. The molecule has 0 radical (unpaired) electrons. The van der Waals surface area contributed by atoms with Crippen molar-refractivity contribution in [3.05, 3.63) is 18.6 Å². The molecule has 0 aliphatic rings. The maximum Gasteiger partial charge on any atom is 0.322 e. The van der Waals surface area contributed by atoms with Gasteiger partial charge < -0.3 is 10.2 Å². The Morgan fingerprint density at radius 1 is 1.31 bits per heavy atom. The lowest BCUT2D eigenvalue weighted by atomic mass is 10.6. The van der Waals surface area contributed by atoms with E-state index in [2.05, 4.69) is 25.5 Å². The third-order valence-corrected chi connectivity index (χ3v) is 1.24. The van der Waals surface area contributed by atoms with E-state index in [9.17, 15) is 0 Å². The van der Waals surface area contributed by atoms with E-state index in [0.717, 1.165) is 0 Å². The molecule has 13 heavy (non-hydrogen) atoms. The minimum atomic E-state index is 0.00592. The van der Waals surface area contributed by atoms with Crippen molar-refractivity contribution in [2.75, 3.05) is 11.1 Å². The summed E-state index contributed by atoms with van der Waals surface area (Å²) in [6, 6.07) is 0.199. The normalized spacial score (nSPS) is 9.85. The molecule has 7 nitrogen and oxygen atoms in total. The van der Waals surface area contributed by atoms with Crippen LogP contribution in [0.2, 0.25) is 0 Å². The summed E-state index contributed by atoms with van der Waals surface area (Å²) in [6.45, 7) is 0. The Hall–Kier alpha value is -2.18. The van der Waals surface area contributed by atoms with Gasteiger partial charge in [0.25, 0.3) is 0 Å². The zero-order valence-corrected chi connectivity index (χ0v) is 6.51. The van der Waals surface area contributed by atoms with Gasteiger partial charge in [0.15, 0.2) is 5.82 Å². The molecule has 0 aromatic carbocycles. The van der Waals surface area contributed by atoms with Gasteiger partial charge in [0, 0.05) is 12.4 Å². The molecule has 2 aromatic rings. The van der Waals surface area contributed by atoms with Gasteiger partial charge in [-0.1, -0.05) is 10.2 Å². The van der Waals surface area contributed by atoms with Gasteiger partial charge in [-0.3, -0.25) is 10.3 Å². The molecule has 0 aliphatic carbocycles. The molecule has 0 spiro atoms. The van der Waals surface area contributed by atoms with Gasteiger partial charge in [-0.15, -0.1) is 0 Å². The van der Waals surface area contributed by atoms with E-state index in [1.54, 1.807) is 12.4 Å². The molecule has 2 rings (SSSR count). The predicted octanol–water partition coefficient (Wildman–Crippen LogP) is 0.185. The van der Waals surface area contributed by atoms with E-state index in [1.165, 1.54) is 6.20 Å². The lowest BCUT2D eigenvalue weighted by Crippen LogP contribution is -1.93. The largest absolute Gasteiger partial charge is 0.389 e. The van der Waals surface area contributed by atoms with Crippen molar-refractivity contribution in [1.29, 1.82) is 0 Å². The molecule has 2 heterocycles. The quantitative estimate of drug-likeness (QED) is 0.676. The van der Waals surface area contributed by atoms with Crippen molar-refractivity contribution >= 4 is 17.8 Å². The van der Waals surface area contributed by atoms with Crippen LogP contribution in [0.1, 0.15) is 0 Å². The SMILES string of the molecule is Nc1nnc(Nc2cnccn2)o1. The summed E-state index contributed by atoms with van der Waals surface area (Å²) in [7, 11) is 0. The van der Waals surface area contributed by atoms with E-state index < -0.39 is 0 Å². The molecule has 3 N–H and O–H groups in total. The van der Waals surface area contributed by atoms with E-state index >= 15 is 0 Å². The van der Waals surface area contributed by atoms with Crippen LogP contribution in [0.25, 0.3) is 0 Å². The Bertz CT molecular complexity index is 385. The molecule has 0 atom stereocenters. The highest BCUT2D eigenvalue weighted by molar-refractivity contribution is 5.43. The van der Waals surface area contributed by atoms with Crippen LogP contribution < -0.4 is 11.1 Å². The minimum Gasteiger partial charge on any atom is -0.389 e. The number of rotatable bonds is 2. The Kier molecular flexibility index (Phi) is 1.75. The minimum absolute atomic E-state index is 0.00592. The number of nitrogens with one attached hydrogen (secondary N) is 1. The monoisotopic (exact) mass is 178 g/mol. The van der Waals surface area contributed by atoms with Gasteiger partial charge in [0.2, 0.25) is 0 Å². The smallest absolute Gasteiger partial charge is 0.322 e. The van der Waals surface area contributed by atoms with Crippen molar-refractivity contribution in [3.63, 3.8) is 0 Å². The molecule has 7 heteroatoms. The maximum atomic E-state index is 5.22. The lowest BCUT2D eigenvalue weighted by Gasteiger charge is -1.96. The number of hydrogen-bond acceptors (Lipinski definition) is 7. The first-order valence-corrected chi connectivity index (χ1v) is 3.46. The molecular formula is C6H6N6O. The second-order valence-corrected chi connectivity index (χ2v) is 2.16. The van der Waals surface area contributed by atoms with Crippen molar-refractivity contribution < 1.29 is 4.42 Å². The second kappa shape index (κ2) is 3.05. The first-order valence-electron chi connectivity index (χ1n) is 3.46. The summed E-state index contributed by atoms with van der Waals surface area (Å²) >= 11 is 0. The van der Waals surface area contributed by atoms with Crippen LogP contribution in [0.4, 0.5) is 17.8 Å². The van der Waals surface area contributed by atoms with E-state index in [-0.39, 0.29) is 12.0 Å². The van der Waals surface area contributed by atoms with Crippen molar-refractivity contribution in [2.45, 2.75) is 0 Å². The topological polar surface area (TPSA) is 103 Å². The third kappa shape index (κ3) is 1.70. The number of nitrogens with two attached hydrogens (primary N) is 1. The maximum absolute atomic E-state index is 5.22. The van der Waals surface area contributed by atoms with Crippen LogP contribution in [-0.4, -0.2) is 20.2 Å². The zero-order chi connectivity index (χ0) is 9.10. The Morgan fingerprint density at radius 2 is 2.23 bits per heavy atom. The molecule has 0 fully saturated rings. The molecule has 0 saturated heterocycles. The van der Waals surface area contributed by atoms with Gasteiger partial charge in [-0.05, 0) is 0 Å². The summed E-state index contributed by atoms with van der Waals surface area (Å²) in [4.78, 5) is 7.78. The molecule has 2 aromatic heterocycles. The molecule has 0 saturated carbocycles. The molecule has 0 unspecified atom stereocenters. The van der Waals surface area contributed by atoms with Gasteiger partial charge >= 0.3 is 12.0 Å². The molecule has 0 bridgehead atoms. The average Bonchev–Trinajstić information content (AvgIpc) is 2.53. The summed E-state index contributed by atoms with van der Waals surface area (Å²) in [5.74, 6) is 0.520. The van der Waals surface area contributed by atoms with Crippen molar-refractivity contribution in [1.82, 2.24) is 20.2 Å². The van der Waals surface area contributed by atoms with Gasteiger partial charge in [-0.2, -0.15) is 0 Å². The molecular weight excluding hydrogens is 172 g/mol. The van der Waals surface area contributed by atoms with E-state index in [4.69, 9.17) is 10.2 Å². The number of nitrogen functional groups attached to an aromatic ring is 1. The Balaban J connectivity index is 2.15. The number of nitrogens with zero attached hydrogens (tertiary/aromatic N) is 4. The summed E-state index contributed by atoms with van der Waals surface area (Å²) in [5, 5.41) is 9.78. The predicted molar refractivity (Wildman–Crippen MR) is 44.0 cm³/mol. The van der Waals surface area contributed by atoms with E-state index in [1.807, 2.05) is 0 Å². The van der Waals surface area contributed by atoms with Gasteiger partial charge in [-0.25, -0.2) is 4.98 Å². The van der Waals surface area contributed by atoms with Crippen LogP contribution in [0.15, 0.2) is 23.0 Å². The van der Waals surface area contributed by atoms with Crippen LogP contribution in [-0.2, 0) is 0 Å². The highest BCUT2D eigenvalue weighted by Gasteiger charge is 2.02. The first kappa shape index (κ1) is 7.47. The molecule has 66 valence electrons. The average molecular weight is 178 g/mol. The number of aromatic nitrogens is 4. The Labute approximate surface area is 73.0 Å². The van der Waals surface area contributed by atoms with Crippen molar-refractivity contribution in [2.24, 2.45) is 0 Å². The van der Waals surface area contributed by atoms with E-state index in [0.29, 0.717) is 5.82 Å². The highest BCUT2D eigenvalue weighted by Crippen LogP contribution is 2.11. The van der Waals surface area contributed by atoms with Gasteiger partial charge in [0.1, 0.15) is 0 Å². The van der Waals surface area contributed by atoms with Crippen molar-refractivity contribution in [3.8, 4) is 0 Å². The first-order chi connectivity index (χ1) is 6.34. The highest BCUT2D eigenvalue weighted by atomic mass is 16.4. The fraction of sp³-hybridized carbons (Fsp3) is 0. The summed E-state index contributed by atoms with van der Waals surface area (Å²) < 4.78 is 4.86. The van der Waals surface area contributed by atoms with Crippen LogP contribution in [0, 0.1) is 0 Å². The number of anilines is 3. The molecule has 0 aliphatic heterocycles. The second-order valence-electron chi connectivity index (χ2n) is 2.16. The lowest BCUT2D eigenvalue weighted by molar-refractivity contribution is 0.593.